The number of hydrazine groups is 1. The molecule has 0 aromatic heterocycles. The Labute approximate surface area is 272 Å². The molecule has 4 aliphatic carbocycles. The van der Waals surface area contributed by atoms with Crippen LogP contribution in [0.1, 0.15) is 97.1 Å². The molecule has 0 radical (unpaired) electrons. The van der Waals surface area contributed by atoms with Gasteiger partial charge < -0.3 is 20.4 Å². The number of nitrogens with one attached hydrogen (secondary N) is 2. The Kier molecular flexibility index (Phi) is 10.3. The normalized spacial score (nSPS) is 27.3. The minimum atomic E-state index is -0.769. The molecule has 2 bridgehead atoms. The molecule has 1 heterocycles. The van der Waals surface area contributed by atoms with Gasteiger partial charge in [-0.1, -0.05) is 63.5 Å². The monoisotopic (exact) mass is 635 g/mol. The van der Waals surface area contributed by atoms with Crippen molar-refractivity contribution >= 4 is 30.3 Å². The molecule has 1 aromatic rings. The Hall–Kier alpha value is -3.25. The number of amides is 1. The van der Waals surface area contributed by atoms with E-state index >= 15 is 0 Å². The van der Waals surface area contributed by atoms with Crippen LogP contribution in [0.2, 0.25) is 0 Å². The summed E-state index contributed by atoms with van der Waals surface area (Å²) in [5.74, 6) is -0.0994. The number of Topliss-reactive ketones (excluding diaryl/α,β-unsaturated/α-hetero) is 1. The van der Waals surface area contributed by atoms with Crippen molar-refractivity contribution in [1.29, 1.82) is 0 Å². The molecule has 1 aromatic carbocycles. The maximum atomic E-state index is 13.9. The average Bonchev–Trinajstić information content (AvgIpc) is 3.57. The van der Waals surface area contributed by atoms with Gasteiger partial charge in [-0.2, -0.15) is 0 Å². The first-order chi connectivity index (χ1) is 21.8. The van der Waals surface area contributed by atoms with Crippen LogP contribution in [0.15, 0.2) is 35.3 Å². The van der Waals surface area contributed by atoms with Gasteiger partial charge in [-0.05, 0) is 91.7 Å². The molecule has 0 unspecified atom stereocenters. The molecule has 46 heavy (non-hydrogen) atoms. The summed E-state index contributed by atoms with van der Waals surface area (Å²) in [6.07, 6.45) is 7.77. The Morgan fingerprint density at radius 2 is 1.98 bits per heavy atom. The van der Waals surface area contributed by atoms with Crippen molar-refractivity contribution < 1.29 is 23.9 Å². The molecule has 11 nitrogen and oxygen atoms in total. The second kappa shape index (κ2) is 13.9. The zero-order valence-electron chi connectivity index (χ0n) is 27.9. The molecule has 4 fully saturated rings. The van der Waals surface area contributed by atoms with Gasteiger partial charge >= 0.3 is 7.12 Å². The van der Waals surface area contributed by atoms with Crippen molar-refractivity contribution in [1.82, 2.24) is 10.7 Å². The largest absolute Gasteiger partial charge is 0.481 e. The lowest BCUT2D eigenvalue weighted by Crippen LogP contribution is -2.65. The third-order valence-electron chi connectivity index (χ3n) is 11.0. The molecule has 6 atom stereocenters. The predicted molar refractivity (Wildman–Crippen MR) is 178 cm³/mol. The lowest BCUT2D eigenvalue weighted by atomic mass is 9.43. The number of guanidine groups is 1. The van der Waals surface area contributed by atoms with Crippen LogP contribution in [0.3, 0.4) is 0 Å². The number of nitro groups is 1. The number of fused-ring (bicyclic) bond motifs is 1. The molecule has 1 saturated heterocycles. The van der Waals surface area contributed by atoms with Gasteiger partial charge in [0.25, 0.3) is 5.96 Å². The quantitative estimate of drug-likeness (QED) is 0.0627. The second-order valence-corrected chi connectivity index (χ2v) is 14.9. The number of hydrogen-bond donors (Lipinski definition) is 3. The smallest absolute Gasteiger partial charge is 0.404 e. The van der Waals surface area contributed by atoms with E-state index < -0.39 is 18.1 Å². The van der Waals surface area contributed by atoms with E-state index in [-0.39, 0.29) is 59.6 Å². The first-order valence-electron chi connectivity index (χ1n) is 16.9. The molecular weight excluding hydrogens is 585 g/mol. The maximum Gasteiger partial charge on any atom is 0.481 e. The van der Waals surface area contributed by atoms with Crippen molar-refractivity contribution in [2.45, 2.75) is 110 Å². The number of nitrogens with zero attached hydrogens (tertiary/aromatic N) is 2. The Bertz CT molecular complexity index is 1380. The fraction of sp³-hybridized carbons (Fsp3) is 0.676. The van der Waals surface area contributed by atoms with Gasteiger partial charge in [0.2, 0.25) is 5.91 Å². The molecule has 6 rings (SSSR count). The number of rotatable bonds is 15. The van der Waals surface area contributed by atoms with E-state index in [1.54, 1.807) is 0 Å². The summed E-state index contributed by atoms with van der Waals surface area (Å²) in [6, 6.07) is 8.25. The number of ketones is 1. The first kappa shape index (κ1) is 34.1. The van der Waals surface area contributed by atoms with E-state index in [4.69, 9.17) is 15.0 Å². The standard InChI is InChI=1S/C34H50BN5O6/c1-21(2)17-30(35-45-29-20-25-19-28(33(25,3)4)34(29,5)46-35)38-31(42)24(10-8-16-37-32(36)39-40(43)44)18-26(41)15-14-23-13-12-22-9-6-7-11-27(22)23/h6-7,9,11,13,21,24-25,28-30H,8,10,12,14-20H2,1-5H3,(H,38,42)(H3,36,37,39)/t24-,25-,28-,29-,30+,34+/m1/s1. The van der Waals surface area contributed by atoms with Crippen molar-refractivity contribution in [3.8, 4) is 0 Å². The zero-order chi connectivity index (χ0) is 33.2. The fourth-order valence-electron chi connectivity index (χ4n) is 8.35. The van der Waals surface area contributed by atoms with Gasteiger partial charge in [-0.25, -0.2) is 15.1 Å². The number of benzene rings is 1. The summed E-state index contributed by atoms with van der Waals surface area (Å²) >= 11 is 0. The van der Waals surface area contributed by atoms with Crippen LogP contribution in [0.25, 0.3) is 5.57 Å². The maximum absolute atomic E-state index is 13.9. The molecular formula is C34H50BN5O6. The van der Waals surface area contributed by atoms with Crippen LogP contribution in [-0.4, -0.2) is 54.0 Å². The molecule has 4 N–H and O–H groups in total. The summed E-state index contributed by atoms with van der Waals surface area (Å²) in [6.45, 7) is 11.2. The van der Waals surface area contributed by atoms with Crippen LogP contribution in [-0.2, 0) is 25.3 Å². The van der Waals surface area contributed by atoms with Gasteiger partial charge in [-0.15, -0.1) is 0 Å². The van der Waals surface area contributed by atoms with Gasteiger partial charge in [0.15, 0.2) is 5.03 Å². The number of hydrogen-bond acceptors (Lipinski definition) is 7. The molecule has 0 spiro atoms. The lowest BCUT2D eigenvalue weighted by molar-refractivity contribution is -0.525. The minimum Gasteiger partial charge on any atom is -0.404 e. The summed E-state index contributed by atoms with van der Waals surface area (Å²) in [5.41, 5.74) is 10.9. The van der Waals surface area contributed by atoms with Crippen LogP contribution in [0, 0.1) is 39.2 Å². The first-order valence-corrected chi connectivity index (χ1v) is 16.9. The van der Waals surface area contributed by atoms with Gasteiger partial charge in [0.1, 0.15) is 5.78 Å². The van der Waals surface area contributed by atoms with E-state index in [0.29, 0.717) is 43.9 Å². The zero-order valence-corrected chi connectivity index (χ0v) is 27.9. The van der Waals surface area contributed by atoms with Crippen molar-refractivity contribution in [2.24, 2.45) is 39.8 Å². The highest BCUT2D eigenvalue weighted by Crippen LogP contribution is 2.65. The minimum absolute atomic E-state index is 0.00401. The molecule has 1 aliphatic heterocycles. The predicted octanol–water partition coefficient (Wildman–Crippen LogP) is 4.66. The Morgan fingerprint density at radius 3 is 2.70 bits per heavy atom. The van der Waals surface area contributed by atoms with E-state index in [0.717, 1.165) is 19.3 Å². The summed E-state index contributed by atoms with van der Waals surface area (Å²) < 4.78 is 13.3. The van der Waals surface area contributed by atoms with Gasteiger partial charge in [0, 0.05) is 25.3 Å². The number of allylic oxidation sites excluding steroid dienone is 2. The van der Waals surface area contributed by atoms with Crippen LogP contribution >= 0.6 is 0 Å². The Morgan fingerprint density at radius 1 is 1.22 bits per heavy atom. The van der Waals surface area contributed by atoms with Gasteiger partial charge in [0.05, 0.1) is 17.6 Å². The summed E-state index contributed by atoms with van der Waals surface area (Å²) in [5, 5.41) is 13.1. The molecule has 1 amide bonds. The molecule has 3 saturated carbocycles. The Balaban J connectivity index is 1.24. The molecule has 12 heteroatoms. The van der Waals surface area contributed by atoms with E-state index in [1.165, 1.54) is 16.7 Å². The van der Waals surface area contributed by atoms with Crippen molar-refractivity contribution in [2.75, 3.05) is 6.54 Å². The topological polar surface area (TPSA) is 158 Å². The van der Waals surface area contributed by atoms with Crippen molar-refractivity contribution in [3.63, 3.8) is 0 Å². The summed E-state index contributed by atoms with van der Waals surface area (Å²) in [7, 11) is -0.556. The SMILES string of the molecule is CC(C)C[C@H](NC(=O)[C@H](CCCN=C(N)N[N+](=O)[O-])CC(=O)CCC1=CCc2ccccc21)B1O[C@@H]2C[C@H]3C[C@H](C3(C)C)[C@]2(C)O1. The number of carbonyl (C=O) groups is 2. The second-order valence-electron chi connectivity index (χ2n) is 14.9. The third-order valence-corrected chi connectivity index (χ3v) is 11.0. The highest BCUT2D eigenvalue weighted by molar-refractivity contribution is 6.47. The van der Waals surface area contributed by atoms with E-state index in [1.807, 2.05) is 17.6 Å². The van der Waals surface area contributed by atoms with Crippen LogP contribution < -0.4 is 16.5 Å². The number of nitrogens with two attached hydrogens (primary N) is 1. The van der Waals surface area contributed by atoms with E-state index in [9.17, 15) is 19.7 Å². The van der Waals surface area contributed by atoms with Crippen LogP contribution in [0.4, 0.5) is 0 Å². The van der Waals surface area contributed by atoms with Crippen molar-refractivity contribution in [3.05, 3.63) is 51.6 Å². The van der Waals surface area contributed by atoms with Crippen LogP contribution in [0.5, 0.6) is 0 Å². The van der Waals surface area contributed by atoms with E-state index in [2.05, 4.69) is 63.1 Å². The highest BCUT2D eigenvalue weighted by atomic mass is 16.7. The lowest BCUT2D eigenvalue weighted by Gasteiger charge is -2.64. The fourth-order valence-corrected chi connectivity index (χ4v) is 8.35. The number of carbonyl (C=O) groups excluding carboxylic acids is 2. The summed E-state index contributed by atoms with van der Waals surface area (Å²) in [4.78, 5) is 41.9. The molecule has 5 aliphatic rings. The molecule has 250 valence electrons. The average molecular weight is 636 g/mol. The third kappa shape index (κ3) is 7.33. The number of aliphatic imine (C=N–C) groups is 1. The highest BCUT2D eigenvalue weighted by Gasteiger charge is 2.68. The van der Waals surface area contributed by atoms with Gasteiger partial charge in [-0.3, -0.25) is 9.59 Å².